The third-order valence-corrected chi connectivity index (χ3v) is 2.55. The van der Waals surface area contributed by atoms with Crippen molar-refractivity contribution in [3.63, 3.8) is 0 Å². The fourth-order valence-corrected chi connectivity index (χ4v) is 1.68. The van der Waals surface area contributed by atoms with Crippen LogP contribution in [0.5, 0.6) is 0 Å². The summed E-state index contributed by atoms with van der Waals surface area (Å²) in [5.41, 5.74) is 0.797. The number of hydrogen-bond donors (Lipinski definition) is 1. The van der Waals surface area contributed by atoms with Gasteiger partial charge < -0.3 is 5.11 Å². The minimum Gasteiger partial charge on any atom is -0.478 e. The predicted octanol–water partition coefficient (Wildman–Crippen LogP) is 0.375. The van der Waals surface area contributed by atoms with Crippen molar-refractivity contribution in [2.75, 3.05) is 0 Å². The Kier molecular flexibility index (Phi) is 2.66. The van der Waals surface area contributed by atoms with Gasteiger partial charge in [-0.1, -0.05) is 0 Å². The third-order valence-electron chi connectivity index (χ3n) is 2.55. The molecule has 0 aliphatic carbocycles. The fraction of sp³-hybridized carbons (Fsp3) is 0.400. The van der Waals surface area contributed by atoms with Gasteiger partial charge in [0, 0.05) is 7.05 Å². The molecule has 1 N–H and O–H groups in total. The minimum atomic E-state index is -0.984. The molecule has 2 aromatic rings. The van der Waals surface area contributed by atoms with Crippen molar-refractivity contribution in [1.82, 2.24) is 24.5 Å². The van der Waals surface area contributed by atoms with Gasteiger partial charge in [0.25, 0.3) is 0 Å². The van der Waals surface area contributed by atoms with E-state index < -0.39 is 5.97 Å². The second-order valence-electron chi connectivity index (χ2n) is 3.80. The van der Waals surface area contributed by atoms with E-state index in [0.717, 1.165) is 5.82 Å². The van der Waals surface area contributed by atoms with Crippen LogP contribution in [-0.2, 0) is 13.6 Å². The fourth-order valence-electron chi connectivity index (χ4n) is 1.68. The van der Waals surface area contributed by atoms with Gasteiger partial charge in [0.05, 0.1) is 18.4 Å². The van der Waals surface area contributed by atoms with Gasteiger partial charge in [-0.05, 0) is 13.8 Å². The van der Waals surface area contributed by atoms with E-state index in [1.54, 1.807) is 23.3 Å². The Labute approximate surface area is 97.7 Å². The summed E-state index contributed by atoms with van der Waals surface area (Å²) >= 11 is 0. The molecule has 0 bridgehead atoms. The summed E-state index contributed by atoms with van der Waals surface area (Å²) in [6.45, 7) is 3.98. The molecular weight excluding hydrogens is 222 g/mol. The van der Waals surface area contributed by atoms with Crippen LogP contribution in [0.3, 0.4) is 0 Å². The van der Waals surface area contributed by atoms with Gasteiger partial charge >= 0.3 is 5.97 Å². The normalized spacial score (nSPS) is 10.8. The largest absolute Gasteiger partial charge is 0.478 e. The predicted molar refractivity (Wildman–Crippen MR) is 58.8 cm³/mol. The quantitative estimate of drug-likeness (QED) is 0.830. The van der Waals surface area contributed by atoms with Gasteiger partial charge in [-0.2, -0.15) is 10.2 Å². The van der Waals surface area contributed by atoms with Crippen molar-refractivity contribution in [3.05, 3.63) is 29.1 Å². The number of aromatic nitrogens is 5. The van der Waals surface area contributed by atoms with Gasteiger partial charge in [-0.15, -0.1) is 0 Å². The highest BCUT2D eigenvalue weighted by atomic mass is 16.4. The molecular formula is C10H13N5O2. The number of carboxylic acids is 1. The van der Waals surface area contributed by atoms with E-state index in [2.05, 4.69) is 15.2 Å². The molecule has 0 amide bonds. The molecule has 0 aliphatic heterocycles. The molecule has 2 aromatic heterocycles. The summed E-state index contributed by atoms with van der Waals surface area (Å²) in [4.78, 5) is 15.2. The zero-order valence-corrected chi connectivity index (χ0v) is 9.88. The lowest BCUT2D eigenvalue weighted by Crippen LogP contribution is -2.12. The molecule has 7 heteroatoms. The number of carboxylic acid groups (broad SMARTS) is 1. The van der Waals surface area contributed by atoms with Gasteiger partial charge in [-0.3, -0.25) is 4.68 Å². The molecule has 0 unspecified atom stereocenters. The average Bonchev–Trinajstić information content (AvgIpc) is 2.73. The average molecular weight is 235 g/mol. The zero-order chi connectivity index (χ0) is 12.6. The number of carbonyl (C=O) groups is 1. The van der Waals surface area contributed by atoms with Crippen LogP contribution in [0, 0.1) is 13.8 Å². The smallest absolute Gasteiger partial charge is 0.339 e. The Morgan fingerprint density at radius 2 is 2.18 bits per heavy atom. The summed E-state index contributed by atoms with van der Waals surface area (Å²) in [6.07, 6.45) is 1.34. The Hall–Kier alpha value is -2.18. The van der Waals surface area contributed by atoms with E-state index in [-0.39, 0.29) is 5.56 Å². The van der Waals surface area contributed by atoms with Gasteiger partial charge in [0.1, 0.15) is 17.2 Å². The highest BCUT2D eigenvalue weighted by molar-refractivity contribution is 5.88. The lowest BCUT2D eigenvalue weighted by molar-refractivity contribution is 0.0695. The van der Waals surface area contributed by atoms with Crippen LogP contribution in [0.25, 0.3) is 0 Å². The van der Waals surface area contributed by atoms with Gasteiger partial charge in [0.2, 0.25) is 0 Å². The molecule has 90 valence electrons. The molecule has 0 radical (unpaired) electrons. The molecule has 0 atom stereocenters. The maximum Gasteiger partial charge on any atom is 0.339 e. The van der Waals surface area contributed by atoms with E-state index in [1.807, 2.05) is 6.92 Å². The lowest BCUT2D eigenvalue weighted by atomic mass is 10.2. The monoisotopic (exact) mass is 235 g/mol. The van der Waals surface area contributed by atoms with Crippen LogP contribution in [-0.4, -0.2) is 35.6 Å². The van der Waals surface area contributed by atoms with Crippen molar-refractivity contribution in [1.29, 1.82) is 0 Å². The molecule has 0 aromatic carbocycles. The molecule has 2 rings (SSSR count). The molecule has 0 saturated heterocycles. The van der Waals surface area contributed by atoms with Crippen molar-refractivity contribution in [3.8, 4) is 0 Å². The van der Waals surface area contributed by atoms with Crippen LogP contribution in [0.15, 0.2) is 6.20 Å². The number of aryl methyl sites for hydroxylation is 3. The van der Waals surface area contributed by atoms with Crippen molar-refractivity contribution >= 4 is 5.97 Å². The molecule has 2 heterocycles. The van der Waals surface area contributed by atoms with Gasteiger partial charge in [-0.25, -0.2) is 14.5 Å². The van der Waals surface area contributed by atoms with Crippen LogP contribution in [0.2, 0.25) is 0 Å². The van der Waals surface area contributed by atoms with E-state index in [9.17, 15) is 4.79 Å². The molecule has 0 aliphatic rings. The second-order valence-corrected chi connectivity index (χ2v) is 3.80. The van der Waals surface area contributed by atoms with Gasteiger partial charge in [0.15, 0.2) is 0 Å². The molecule has 17 heavy (non-hydrogen) atoms. The minimum absolute atomic E-state index is 0.194. The Bertz CT molecular complexity index is 569. The van der Waals surface area contributed by atoms with E-state index >= 15 is 0 Å². The number of aromatic carboxylic acids is 1. The lowest BCUT2D eigenvalue weighted by Gasteiger charge is -2.05. The summed E-state index contributed by atoms with van der Waals surface area (Å²) < 4.78 is 3.21. The van der Waals surface area contributed by atoms with Crippen LogP contribution in [0.1, 0.15) is 27.7 Å². The Morgan fingerprint density at radius 3 is 2.71 bits per heavy atom. The van der Waals surface area contributed by atoms with Crippen LogP contribution in [0.4, 0.5) is 0 Å². The van der Waals surface area contributed by atoms with E-state index in [1.165, 1.54) is 6.20 Å². The van der Waals surface area contributed by atoms with Crippen molar-refractivity contribution in [2.45, 2.75) is 20.4 Å². The first-order chi connectivity index (χ1) is 7.99. The maximum absolute atomic E-state index is 11.0. The SMILES string of the molecule is Cc1nc(C)n(Cc2c(C(=O)O)cnn2C)n1. The summed E-state index contributed by atoms with van der Waals surface area (Å²) in [7, 11) is 1.71. The van der Waals surface area contributed by atoms with E-state index in [4.69, 9.17) is 5.11 Å². The highest BCUT2D eigenvalue weighted by Crippen LogP contribution is 2.10. The standard InChI is InChI=1S/C10H13N5O2/c1-6-12-7(2)15(13-6)5-9-8(10(16)17)4-11-14(9)3/h4H,5H2,1-3H3,(H,16,17). The van der Waals surface area contributed by atoms with Crippen molar-refractivity contribution < 1.29 is 9.90 Å². The van der Waals surface area contributed by atoms with Crippen LogP contribution < -0.4 is 0 Å². The molecule has 7 nitrogen and oxygen atoms in total. The van der Waals surface area contributed by atoms with Crippen LogP contribution >= 0.6 is 0 Å². The summed E-state index contributed by atoms with van der Waals surface area (Å²) in [6, 6.07) is 0. The number of rotatable bonds is 3. The molecule has 0 saturated carbocycles. The Balaban J connectivity index is 2.39. The summed E-state index contributed by atoms with van der Waals surface area (Å²) in [5, 5.41) is 17.2. The Morgan fingerprint density at radius 1 is 1.47 bits per heavy atom. The zero-order valence-electron chi connectivity index (χ0n) is 9.88. The number of nitrogens with zero attached hydrogens (tertiary/aromatic N) is 5. The maximum atomic E-state index is 11.0. The first kappa shape index (κ1) is 11.3. The highest BCUT2D eigenvalue weighted by Gasteiger charge is 2.16. The molecule has 0 spiro atoms. The first-order valence-corrected chi connectivity index (χ1v) is 5.11. The molecule has 0 fully saturated rings. The number of hydrogen-bond acceptors (Lipinski definition) is 4. The van der Waals surface area contributed by atoms with Crippen molar-refractivity contribution in [2.24, 2.45) is 7.05 Å². The summed E-state index contributed by atoms with van der Waals surface area (Å²) in [5.74, 6) is 0.434. The third kappa shape index (κ3) is 2.03. The van der Waals surface area contributed by atoms with E-state index in [0.29, 0.717) is 18.1 Å². The first-order valence-electron chi connectivity index (χ1n) is 5.11. The topological polar surface area (TPSA) is 85.8 Å². The second kappa shape index (κ2) is 4.00.